The van der Waals surface area contributed by atoms with Gasteiger partial charge < -0.3 is 15.8 Å². The molecule has 88 valence electrons. The van der Waals surface area contributed by atoms with Crippen LogP contribution in [-0.2, 0) is 9.53 Å². The van der Waals surface area contributed by atoms with Crippen molar-refractivity contribution in [3.05, 3.63) is 16.7 Å². The molecule has 0 saturated heterocycles. The normalized spacial score (nSPS) is 9.88. The lowest BCUT2D eigenvalue weighted by Crippen LogP contribution is -2.12. The molecule has 0 fully saturated rings. The van der Waals surface area contributed by atoms with E-state index in [1.54, 1.807) is 19.2 Å². The highest BCUT2D eigenvalue weighted by Crippen LogP contribution is 2.21. The third kappa shape index (κ3) is 4.06. The number of nitrogens with zero attached hydrogens (tertiary/aromatic N) is 1. The number of hydrogen-bond acceptors (Lipinski definition) is 5. The van der Waals surface area contributed by atoms with Crippen molar-refractivity contribution in [2.75, 3.05) is 24.2 Å². The van der Waals surface area contributed by atoms with Gasteiger partial charge in [-0.15, -0.1) is 0 Å². The standard InChI is InChI=1S/C10H14BrN3O2/c1-2-16-9(15)3-4-13-10-8(11)5-7(12)6-14-10/h5-6H,2-4,12H2,1H3,(H,13,14). The number of halogens is 1. The topological polar surface area (TPSA) is 77.2 Å². The Hall–Kier alpha value is -1.30. The van der Waals surface area contributed by atoms with E-state index in [-0.39, 0.29) is 5.97 Å². The van der Waals surface area contributed by atoms with Crippen LogP contribution in [0.25, 0.3) is 0 Å². The van der Waals surface area contributed by atoms with Crippen LogP contribution in [0.4, 0.5) is 11.5 Å². The van der Waals surface area contributed by atoms with Crippen molar-refractivity contribution >= 4 is 33.4 Å². The number of carbonyl (C=O) groups is 1. The van der Waals surface area contributed by atoms with E-state index in [4.69, 9.17) is 10.5 Å². The average molecular weight is 288 g/mol. The maximum atomic E-state index is 11.1. The summed E-state index contributed by atoms with van der Waals surface area (Å²) in [5.41, 5.74) is 6.14. The molecule has 1 aromatic rings. The van der Waals surface area contributed by atoms with Crippen LogP contribution in [0, 0.1) is 0 Å². The molecular formula is C10H14BrN3O2. The van der Waals surface area contributed by atoms with Gasteiger partial charge in [-0.2, -0.15) is 0 Å². The Bertz CT molecular complexity index is 371. The highest BCUT2D eigenvalue weighted by Gasteiger charge is 2.04. The first-order chi connectivity index (χ1) is 7.63. The molecule has 0 amide bonds. The van der Waals surface area contributed by atoms with Gasteiger partial charge in [0.2, 0.25) is 0 Å². The maximum Gasteiger partial charge on any atom is 0.307 e. The number of rotatable bonds is 5. The van der Waals surface area contributed by atoms with Gasteiger partial charge in [0.25, 0.3) is 0 Å². The number of nitrogens with two attached hydrogens (primary N) is 1. The van der Waals surface area contributed by atoms with Crippen molar-refractivity contribution in [3.8, 4) is 0 Å². The number of aromatic nitrogens is 1. The van der Waals surface area contributed by atoms with Crippen LogP contribution in [0.15, 0.2) is 16.7 Å². The molecule has 0 aromatic carbocycles. The second-order valence-corrected chi connectivity index (χ2v) is 3.94. The van der Waals surface area contributed by atoms with Crippen molar-refractivity contribution in [1.29, 1.82) is 0 Å². The van der Waals surface area contributed by atoms with Crippen molar-refractivity contribution in [1.82, 2.24) is 4.98 Å². The van der Waals surface area contributed by atoms with Gasteiger partial charge in [-0.3, -0.25) is 4.79 Å². The van der Waals surface area contributed by atoms with E-state index in [2.05, 4.69) is 26.2 Å². The van der Waals surface area contributed by atoms with Gasteiger partial charge >= 0.3 is 5.97 Å². The predicted molar refractivity (Wildman–Crippen MR) is 66.1 cm³/mol. The molecule has 0 unspecified atom stereocenters. The number of anilines is 2. The fourth-order valence-corrected chi connectivity index (χ4v) is 1.61. The number of nitrogens with one attached hydrogen (secondary N) is 1. The molecule has 1 heterocycles. The summed E-state index contributed by atoms with van der Waals surface area (Å²) >= 11 is 3.32. The van der Waals surface area contributed by atoms with Crippen LogP contribution in [0.3, 0.4) is 0 Å². The average Bonchev–Trinajstić information content (AvgIpc) is 2.22. The molecule has 0 bridgehead atoms. The van der Waals surface area contributed by atoms with E-state index in [0.717, 1.165) is 4.47 Å². The molecule has 5 nitrogen and oxygen atoms in total. The summed E-state index contributed by atoms with van der Waals surface area (Å²) in [5, 5.41) is 3.02. The summed E-state index contributed by atoms with van der Waals surface area (Å²) in [7, 11) is 0. The van der Waals surface area contributed by atoms with Gasteiger partial charge in [0.15, 0.2) is 0 Å². The van der Waals surface area contributed by atoms with Crippen LogP contribution in [0.2, 0.25) is 0 Å². The van der Waals surface area contributed by atoms with Gasteiger partial charge in [-0.1, -0.05) is 0 Å². The fraction of sp³-hybridized carbons (Fsp3) is 0.400. The Balaban J connectivity index is 2.40. The Morgan fingerprint density at radius 2 is 2.44 bits per heavy atom. The molecule has 1 rings (SSSR count). The zero-order valence-corrected chi connectivity index (χ0v) is 10.6. The Morgan fingerprint density at radius 3 is 3.06 bits per heavy atom. The zero-order valence-electron chi connectivity index (χ0n) is 9.00. The number of ether oxygens (including phenoxy) is 1. The second-order valence-electron chi connectivity index (χ2n) is 3.08. The van der Waals surface area contributed by atoms with Crippen LogP contribution >= 0.6 is 15.9 Å². The Morgan fingerprint density at radius 1 is 1.69 bits per heavy atom. The lowest BCUT2D eigenvalue weighted by Gasteiger charge is -2.07. The van der Waals surface area contributed by atoms with Crippen molar-refractivity contribution < 1.29 is 9.53 Å². The van der Waals surface area contributed by atoms with Gasteiger partial charge in [0.1, 0.15) is 5.82 Å². The second kappa shape index (κ2) is 6.32. The van der Waals surface area contributed by atoms with Crippen LogP contribution in [0.5, 0.6) is 0 Å². The SMILES string of the molecule is CCOC(=O)CCNc1ncc(N)cc1Br. The van der Waals surface area contributed by atoms with Gasteiger partial charge in [0, 0.05) is 6.54 Å². The first-order valence-electron chi connectivity index (χ1n) is 4.94. The largest absolute Gasteiger partial charge is 0.466 e. The molecule has 3 N–H and O–H groups in total. The molecule has 16 heavy (non-hydrogen) atoms. The van der Waals surface area contributed by atoms with Gasteiger partial charge in [-0.25, -0.2) is 4.98 Å². The molecule has 6 heteroatoms. The third-order valence-electron chi connectivity index (χ3n) is 1.79. The van der Waals surface area contributed by atoms with Crippen molar-refractivity contribution in [2.45, 2.75) is 13.3 Å². The molecule has 0 radical (unpaired) electrons. The minimum absolute atomic E-state index is 0.221. The van der Waals surface area contributed by atoms with Gasteiger partial charge in [-0.05, 0) is 28.9 Å². The van der Waals surface area contributed by atoms with Gasteiger partial charge in [0.05, 0.1) is 29.4 Å². The summed E-state index contributed by atoms with van der Waals surface area (Å²) in [4.78, 5) is 15.1. The number of carbonyl (C=O) groups excluding carboxylic acids is 1. The summed E-state index contributed by atoms with van der Waals surface area (Å²) in [6.45, 7) is 2.67. The summed E-state index contributed by atoms with van der Waals surface area (Å²) in [6.07, 6.45) is 1.86. The number of pyridine rings is 1. The fourth-order valence-electron chi connectivity index (χ4n) is 1.10. The van der Waals surface area contributed by atoms with E-state index in [1.807, 2.05) is 0 Å². The highest BCUT2D eigenvalue weighted by atomic mass is 79.9. The van der Waals surface area contributed by atoms with Crippen LogP contribution in [0.1, 0.15) is 13.3 Å². The lowest BCUT2D eigenvalue weighted by molar-refractivity contribution is -0.142. The lowest BCUT2D eigenvalue weighted by atomic mass is 10.4. The number of hydrogen-bond donors (Lipinski definition) is 2. The molecule has 1 aromatic heterocycles. The monoisotopic (exact) mass is 287 g/mol. The van der Waals surface area contributed by atoms with Crippen LogP contribution < -0.4 is 11.1 Å². The van der Waals surface area contributed by atoms with Crippen LogP contribution in [-0.4, -0.2) is 24.1 Å². The highest BCUT2D eigenvalue weighted by molar-refractivity contribution is 9.10. The molecule has 0 aliphatic heterocycles. The third-order valence-corrected chi connectivity index (χ3v) is 2.39. The first kappa shape index (κ1) is 12.8. The maximum absolute atomic E-state index is 11.1. The molecular weight excluding hydrogens is 274 g/mol. The molecule has 0 spiro atoms. The van der Waals surface area contributed by atoms with E-state index in [0.29, 0.717) is 31.1 Å². The summed E-state index contributed by atoms with van der Waals surface area (Å²) in [5.74, 6) is 0.445. The first-order valence-corrected chi connectivity index (χ1v) is 5.73. The minimum Gasteiger partial charge on any atom is -0.466 e. The minimum atomic E-state index is -0.221. The Kier molecular flexibility index (Phi) is 5.04. The quantitative estimate of drug-likeness (QED) is 0.808. The summed E-state index contributed by atoms with van der Waals surface area (Å²) in [6, 6.07) is 1.75. The van der Waals surface area contributed by atoms with E-state index >= 15 is 0 Å². The van der Waals surface area contributed by atoms with E-state index in [9.17, 15) is 4.79 Å². The molecule has 0 atom stereocenters. The predicted octanol–water partition coefficient (Wildman–Crippen LogP) is 1.79. The Labute approximate surface area is 103 Å². The van der Waals surface area contributed by atoms with E-state index < -0.39 is 0 Å². The number of nitrogen functional groups attached to an aromatic ring is 1. The smallest absolute Gasteiger partial charge is 0.307 e. The molecule has 0 aliphatic rings. The van der Waals surface area contributed by atoms with Crippen molar-refractivity contribution in [3.63, 3.8) is 0 Å². The number of esters is 1. The molecule has 0 saturated carbocycles. The van der Waals surface area contributed by atoms with E-state index in [1.165, 1.54) is 0 Å². The summed E-state index contributed by atoms with van der Waals surface area (Å²) < 4.78 is 5.57. The molecule has 0 aliphatic carbocycles. The van der Waals surface area contributed by atoms with Crippen molar-refractivity contribution in [2.24, 2.45) is 0 Å². The zero-order chi connectivity index (χ0) is 12.0.